The zero-order chi connectivity index (χ0) is 23.1. The van der Waals surface area contributed by atoms with Crippen molar-refractivity contribution in [2.45, 2.75) is 11.1 Å². The molecular weight excluding hydrogens is 490 g/mol. The van der Waals surface area contributed by atoms with Crippen molar-refractivity contribution in [3.8, 4) is 11.3 Å². The molecule has 0 spiro atoms. The standard InChI is InChI=1S/C20H16ClF4N3O2S2/c21-14-9-13(10-15(22)11-14)17-12-31-19(26-17)27-5-7-28(8-6-27)32(29,30)18-4-2-1-3-16(18)20(23,24)25/h1-4,9-12H,5-8H2. The van der Waals surface area contributed by atoms with E-state index < -0.39 is 32.5 Å². The number of thiazole rings is 1. The maximum Gasteiger partial charge on any atom is 0.417 e. The Bertz CT molecular complexity index is 1220. The Hall–Kier alpha value is -2.21. The number of nitrogens with zero attached hydrogens (tertiary/aromatic N) is 3. The van der Waals surface area contributed by atoms with Gasteiger partial charge in [-0.2, -0.15) is 17.5 Å². The highest BCUT2D eigenvalue weighted by Crippen LogP contribution is 2.36. The van der Waals surface area contributed by atoms with Gasteiger partial charge in [-0.3, -0.25) is 0 Å². The molecule has 0 bridgehead atoms. The third kappa shape index (κ3) is 4.61. The van der Waals surface area contributed by atoms with Gasteiger partial charge in [0.25, 0.3) is 0 Å². The molecule has 0 aliphatic carbocycles. The summed E-state index contributed by atoms with van der Waals surface area (Å²) >= 11 is 7.20. The van der Waals surface area contributed by atoms with Crippen LogP contribution in [0.4, 0.5) is 22.7 Å². The summed E-state index contributed by atoms with van der Waals surface area (Å²) < 4.78 is 80.3. The minimum Gasteiger partial charge on any atom is -0.345 e. The zero-order valence-electron chi connectivity index (χ0n) is 16.3. The van der Waals surface area contributed by atoms with Crippen molar-refractivity contribution in [3.63, 3.8) is 0 Å². The van der Waals surface area contributed by atoms with Gasteiger partial charge in [0, 0.05) is 42.1 Å². The molecule has 2 heterocycles. The molecule has 32 heavy (non-hydrogen) atoms. The van der Waals surface area contributed by atoms with Crippen molar-refractivity contribution in [2.24, 2.45) is 0 Å². The van der Waals surface area contributed by atoms with Crippen LogP contribution in [0.5, 0.6) is 0 Å². The number of halogens is 5. The maximum absolute atomic E-state index is 13.6. The van der Waals surface area contributed by atoms with Crippen molar-refractivity contribution >= 4 is 38.1 Å². The van der Waals surface area contributed by atoms with Crippen molar-refractivity contribution in [2.75, 3.05) is 31.1 Å². The monoisotopic (exact) mass is 505 g/mol. The van der Waals surface area contributed by atoms with Crippen LogP contribution in [0.2, 0.25) is 5.02 Å². The lowest BCUT2D eigenvalue weighted by molar-refractivity contribution is -0.139. The number of sulfonamides is 1. The molecule has 1 fully saturated rings. The number of rotatable bonds is 4. The first-order chi connectivity index (χ1) is 15.1. The van der Waals surface area contributed by atoms with E-state index in [1.807, 2.05) is 4.90 Å². The van der Waals surface area contributed by atoms with E-state index in [9.17, 15) is 26.0 Å². The number of piperazine rings is 1. The van der Waals surface area contributed by atoms with Crippen molar-refractivity contribution in [1.29, 1.82) is 0 Å². The fourth-order valence-corrected chi connectivity index (χ4v) is 6.17. The van der Waals surface area contributed by atoms with Gasteiger partial charge in [0.2, 0.25) is 10.0 Å². The molecule has 4 rings (SSSR count). The van der Waals surface area contributed by atoms with Crippen molar-refractivity contribution in [1.82, 2.24) is 9.29 Å². The van der Waals surface area contributed by atoms with Crippen LogP contribution >= 0.6 is 22.9 Å². The molecule has 0 amide bonds. The van der Waals surface area contributed by atoms with Crippen LogP contribution in [0, 0.1) is 5.82 Å². The molecule has 3 aromatic rings. The third-order valence-corrected chi connectivity index (χ3v) is 8.05. The molecule has 2 aromatic carbocycles. The first-order valence-corrected chi connectivity index (χ1v) is 12.1. The predicted molar refractivity (Wildman–Crippen MR) is 115 cm³/mol. The first-order valence-electron chi connectivity index (χ1n) is 9.39. The topological polar surface area (TPSA) is 53.5 Å². The van der Waals surface area contributed by atoms with E-state index in [4.69, 9.17) is 11.6 Å². The molecule has 0 radical (unpaired) electrons. The Morgan fingerprint density at radius 3 is 2.38 bits per heavy atom. The number of anilines is 1. The van der Waals surface area contributed by atoms with E-state index in [-0.39, 0.29) is 31.2 Å². The highest BCUT2D eigenvalue weighted by Gasteiger charge is 2.39. The Balaban J connectivity index is 1.50. The quantitative estimate of drug-likeness (QED) is 0.461. The summed E-state index contributed by atoms with van der Waals surface area (Å²) in [4.78, 5) is 5.58. The zero-order valence-corrected chi connectivity index (χ0v) is 18.7. The minimum absolute atomic E-state index is 0.00916. The number of alkyl halides is 3. The summed E-state index contributed by atoms with van der Waals surface area (Å²) in [6.07, 6.45) is -4.78. The molecule has 1 aliphatic rings. The second-order valence-corrected chi connectivity index (χ2v) is 10.2. The van der Waals surface area contributed by atoms with Gasteiger partial charge in [-0.25, -0.2) is 17.8 Å². The van der Waals surface area contributed by atoms with Gasteiger partial charge in [0.1, 0.15) is 5.82 Å². The van der Waals surface area contributed by atoms with E-state index in [0.717, 1.165) is 22.5 Å². The van der Waals surface area contributed by atoms with E-state index in [2.05, 4.69) is 4.98 Å². The summed E-state index contributed by atoms with van der Waals surface area (Å²) in [7, 11) is -4.32. The molecule has 5 nitrogen and oxygen atoms in total. The van der Waals surface area contributed by atoms with Crippen LogP contribution in [0.1, 0.15) is 5.56 Å². The molecule has 1 aromatic heterocycles. The Labute approximate surface area is 190 Å². The SMILES string of the molecule is O=S(=O)(c1ccccc1C(F)(F)F)N1CCN(c2nc(-c3cc(F)cc(Cl)c3)cs2)CC1. The average molecular weight is 506 g/mol. The van der Waals surface area contributed by atoms with Crippen LogP contribution in [-0.4, -0.2) is 43.9 Å². The van der Waals surface area contributed by atoms with Crippen LogP contribution < -0.4 is 4.90 Å². The average Bonchev–Trinajstić information content (AvgIpc) is 3.23. The lowest BCUT2D eigenvalue weighted by Crippen LogP contribution is -2.48. The summed E-state index contributed by atoms with van der Waals surface area (Å²) in [6, 6.07) is 8.26. The molecular formula is C20H16ClF4N3O2S2. The highest BCUT2D eigenvalue weighted by molar-refractivity contribution is 7.89. The largest absolute Gasteiger partial charge is 0.417 e. The van der Waals surface area contributed by atoms with Gasteiger partial charge in [-0.05, 0) is 30.3 Å². The predicted octanol–water partition coefficient (Wildman–Crippen LogP) is 5.13. The van der Waals surface area contributed by atoms with Crippen LogP contribution in [0.3, 0.4) is 0 Å². The van der Waals surface area contributed by atoms with Crippen molar-refractivity contribution in [3.05, 3.63) is 64.2 Å². The molecule has 12 heteroatoms. The number of hydrogen-bond acceptors (Lipinski definition) is 5. The number of aromatic nitrogens is 1. The van der Waals surface area contributed by atoms with E-state index in [1.54, 1.807) is 11.4 Å². The molecule has 0 atom stereocenters. The van der Waals surface area contributed by atoms with Gasteiger partial charge in [-0.15, -0.1) is 11.3 Å². The van der Waals surface area contributed by atoms with Crippen LogP contribution in [0.15, 0.2) is 52.7 Å². The molecule has 1 aliphatic heterocycles. The first kappa shape index (κ1) is 23.0. The Morgan fingerprint density at radius 2 is 1.72 bits per heavy atom. The van der Waals surface area contributed by atoms with Crippen LogP contribution in [0.25, 0.3) is 11.3 Å². The van der Waals surface area contributed by atoms with Crippen molar-refractivity contribution < 1.29 is 26.0 Å². The van der Waals surface area contributed by atoms with Gasteiger partial charge < -0.3 is 4.90 Å². The Kier molecular flexibility index (Phi) is 6.19. The second-order valence-electron chi connectivity index (χ2n) is 7.06. The molecule has 0 saturated carbocycles. The lowest BCUT2D eigenvalue weighted by atomic mass is 10.2. The molecule has 0 unspecified atom stereocenters. The molecule has 0 N–H and O–H groups in total. The maximum atomic E-state index is 13.6. The summed E-state index contributed by atoms with van der Waals surface area (Å²) in [6.45, 7) is 0.527. The van der Waals surface area contributed by atoms with Gasteiger partial charge in [0.15, 0.2) is 5.13 Å². The van der Waals surface area contributed by atoms with E-state index in [0.29, 0.717) is 16.4 Å². The van der Waals surface area contributed by atoms with E-state index >= 15 is 0 Å². The highest BCUT2D eigenvalue weighted by atomic mass is 35.5. The summed E-state index contributed by atoms with van der Waals surface area (Å²) in [5.74, 6) is -0.486. The van der Waals surface area contributed by atoms with E-state index in [1.165, 1.54) is 29.5 Å². The fraction of sp³-hybridized carbons (Fsp3) is 0.250. The molecule has 170 valence electrons. The summed E-state index contributed by atoms with van der Waals surface area (Å²) in [5, 5.41) is 2.59. The summed E-state index contributed by atoms with van der Waals surface area (Å²) in [5.41, 5.74) is -0.135. The molecule has 1 saturated heterocycles. The second kappa shape index (κ2) is 8.62. The smallest absolute Gasteiger partial charge is 0.345 e. The van der Waals surface area contributed by atoms with Gasteiger partial charge in [0.05, 0.1) is 16.2 Å². The normalized spacial score (nSPS) is 15.8. The fourth-order valence-electron chi connectivity index (χ4n) is 3.43. The number of benzene rings is 2. The minimum atomic E-state index is -4.78. The van der Waals surface area contributed by atoms with Crippen LogP contribution in [-0.2, 0) is 16.2 Å². The number of hydrogen-bond donors (Lipinski definition) is 0. The van der Waals surface area contributed by atoms with Gasteiger partial charge >= 0.3 is 6.18 Å². The van der Waals surface area contributed by atoms with Gasteiger partial charge in [-0.1, -0.05) is 23.7 Å². The lowest BCUT2D eigenvalue weighted by Gasteiger charge is -2.34. The Morgan fingerprint density at radius 1 is 1.03 bits per heavy atom. The third-order valence-electron chi connectivity index (χ3n) is 4.97.